The molecule has 0 saturated heterocycles. The van der Waals surface area contributed by atoms with Crippen LogP contribution in [0.1, 0.15) is 43.7 Å². The third-order valence-corrected chi connectivity index (χ3v) is 4.13. The second kappa shape index (κ2) is 6.48. The van der Waals surface area contributed by atoms with Crippen LogP contribution in [0.2, 0.25) is 0 Å². The third-order valence-electron chi connectivity index (χ3n) is 4.13. The van der Waals surface area contributed by atoms with Gasteiger partial charge >= 0.3 is 5.97 Å². The van der Waals surface area contributed by atoms with E-state index in [0.29, 0.717) is 19.4 Å². The lowest BCUT2D eigenvalue weighted by Gasteiger charge is -2.38. The first-order valence-corrected chi connectivity index (χ1v) is 7.68. The van der Waals surface area contributed by atoms with Crippen molar-refractivity contribution in [2.75, 3.05) is 6.54 Å². The molecule has 0 spiro atoms. The van der Waals surface area contributed by atoms with Crippen LogP contribution >= 0.6 is 0 Å². The Kier molecular flexibility index (Phi) is 4.88. The van der Waals surface area contributed by atoms with Crippen molar-refractivity contribution in [2.45, 2.75) is 58.1 Å². The van der Waals surface area contributed by atoms with E-state index in [1.807, 2.05) is 32.9 Å². The van der Waals surface area contributed by atoms with Crippen LogP contribution in [0.25, 0.3) is 0 Å². The largest absolute Gasteiger partial charge is 0.490 e. The lowest BCUT2D eigenvalue weighted by atomic mass is 9.80. The van der Waals surface area contributed by atoms with Gasteiger partial charge in [-0.2, -0.15) is 0 Å². The molecule has 2 rings (SSSR count). The van der Waals surface area contributed by atoms with Gasteiger partial charge in [0.05, 0.1) is 0 Å². The van der Waals surface area contributed by atoms with E-state index in [2.05, 4.69) is 11.4 Å². The van der Waals surface area contributed by atoms with Crippen LogP contribution in [0.5, 0.6) is 5.75 Å². The van der Waals surface area contributed by atoms with Gasteiger partial charge in [-0.1, -0.05) is 13.0 Å². The Balaban J connectivity index is 2.11. The molecule has 0 aromatic heterocycles. The number of aryl methyl sites for hydroxylation is 2. The number of hydrogen-bond acceptors (Lipinski definition) is 3. The van der Waals surface area contributed by atoms with Gasteiger partial charge in [0, 0.05) is 6.42 Å². The first-order chi connectivity index (χ1) is 9.95. The van der Waals surface area contributed by atoms with Gasteiger partial charge in [-0.15, -0.1) is 0 Å². The van der Waals surface area contributed by atoms with E-state index >= 15 is 0 Å². The molecule has 1 fully saturated rings. The molecule has 0 radical (unpaired) electrons. The average molecular weight is 291 g/mol. The zero-order chi connectivity index (χ0) is 15.5. The van der Waals surface area contributed by atoms with Crippen molar-refractivity contribution in [3.8, 4) is 5.75 Å². The Morgan fingerprint density at radius 2 is 2.05 bits per heavy atom. The highest BCUT2D eigenvalue weighted by Crippen LogP contribution is 2.32. The number of carbonyl (C=O) groups is 1. The van der Waals surface area contributed by atoms with E-state index in [1.165, 1.54) is 0 Å². The highest BCUT2D eigenvalue weighted by atomic mass is 16.5. The molecule has 1 saturated carbocycles. The first kappa shape index (κ1) is 15.8. The van der Waals surface area contributed by atoms with Gasteiger partial charge in [0.1, 0.15) is 17.4 Å². The monoisotopic (exact) mass is 291 g/mol. The minimum absolute atomic E-state index is 0.0462. The summed E-state index contributed by atoms with van der Waals surface area (Å²) in [5.74, 6) is 0.0771. The normalized spacial score (nSPS) is 25.6. The Hall–Kier alpha value is -1.55. The van der Waals surface area contributed by atoms with Crippen LogP contribution in [-0.2, 0) is 4.79 Å². The van der Waals surface area contributed by atoms with Gasteiger partial charge in [0.2, 0.25) is 0 Å². The maximum atomic E-state index is 11.7. The molecular weight excluding hydrogens is 266 g/mol. The smallest absolute Gasteiger partial charge is 0.324 e. The number of benzene rings is 1. The highest BCUT2D eigenvalue weighted by molar-refractivity contribution is 5.79. The molecule has 2 atom stereocenters. The van der Waals surface area contributed by atoms with E-state index < -0.39 is 11.5 Å². The fraction of sp³-hybridized carbons (Fsp3) is 0.588. The summed E-state index contributed by atoms with van der Waals surface area (Å²) < 4.78 is 6.07. The molecule has 21 heavy (non-hydrogen) atoms. The molecular formula is C17H25NO3. The van der Waals surface area contributed by atoms with Crippen molar-refractivity contribution in [1.82, 2.24) is 5.32 Å². The molecule has 4 heteroatoms. The predicted molar refractivity (Wildman–Crippen MR) is 82.8 cm³/mol. The molecule has 4 nitrogen and oxygen atoms in total. The van der Waals surface area contributed by atoms with Crippen LogP contribution in [0.15, 0.2) is 18.2 Å². The molecule has 1 aliphatic carbocycles. The number of likely N-dealkylation sites (N-methyl/N-ethyl adjacent to an activating group) is 1. The zero-order valence-electron chi connectivity index (χ0n) is 13.1. The molecule has 1 aromatic rings. The Bertz CT molecular complexity index is 491. The van der Waals surface area contributed by atoms with Crippen LogP contribution in [0.4, 0.5) is 0 Å². The number of hydrogen-bond donors (Lipinski definition) is 2. The summed E-state index contributed by atoms with van der Waals surface area (Å²) in [6.07, 6.45) is 2.92. The molecule has 0 amide bonds. The Morgan fingerprint density at radius 1 is 1.38 bits per heavy atom. The lowest BCUT2D eigenvalue weighted by Crippen LogP contribution is -2.56. The van der Waals surface area contributed by atoms with E-state index in [0.717, 1.165) is 29.7 Å². The molecule has 1 aromatic carbocycles. The van der Waals surface area contributed by atoms with Crippen LogP contribution in [0.3, 0.4) is 0 Å². The second-order valence-electron chi connectivity index (χ2n) is 6.08. The standard InChI is InChI=1S/C17H25NO3/c1-4-18-17(16(19)20)7-5-6-14(11-17)21-15-9-12(2)8-13(3)10-15/h8-10,14,18H,4-7,11H2,1-3H3,(H,19,20). The summed E-state index contributed by atoms with van der Waals surface area (Å²) in [7, 11) is 0. The SMILES string of the molecule is CCNC1(C(=O)O)CCCC(Oc2cc(C)cc(C)c2)C1. The van der Waals surface area contributed by atoms with Crippen LogP contribution in [0, 0.1) is 13.8 Å². The predicted octanol–water partition coefficient (Wildman–Crippen LogP) is 3.06. The van der Waals surface area contributed by atoms with Crippen molar-refractivity contribution >= 4 is 5.97 Å². The van der Waals surface area contributed by atoms with Crippen molar-refractivity contribution in [3.05, 3.63) is 29.3 Å². The number of nitrogens with one attached hydrogen (secondary N) is 1. The highest BCUT2D eigenvalue weighted by Gasteiger charge is 2.43. The van der Waals surface area contributed by atoms with E-state index in [1.54, 1.807) is 0 Å². The van der Waals surface area contributed by atoms with Crippen molar-refractivity contribution in [1.29, 1.82) is 0 Å². The summed E-state index contributed by atoms with van der Waals surface area (Å²) in [5.41, 5.74) is 1.49. The fourth-order valence-corrected chi connectivity index (χ4v) is 3.29. The fourth-order valence-electron chi connectivity index (χ4n) is 3.29. The van der Waals surface area contributed by atoms with E-state index in [4.69, 9.17) is 4.74 Å². The zero-order valence-corrected chi connectivity index (χ0v) is 13.1. The summed E-state index contributed by atoms with van der Waals surface area (Å²) in [5, 5.41) is 12.7. The van der Waals surface area contributed by atoms with Crippen LogP contribution in [-0.4, -0.2) is 29.3 Å². The van der Waals surface area contributed by atoms with Gasteiger partial charge in [-0.25, -0.2) is 0 Å². The molecule has 116 valence electrons. The van der Waals surface area contributed by atoms with Gasteiger partial charge in [-0.05, 0) is 62.9 Å². The van der Waals surface area contributed by atoms with Crippen molar-refractivity contribution in [3.63, 3.8) is 0 Å². The second-order valence-corrected chi connectivity index (χ2v) is 6.08. The number of carboxylic acid groups (broad SMARTS) is 1. The minimum Gasteiger partial charge on any atom is -0.490 e. The topological polar surface area (TPSA) is 58.6 Å². The van der Waals surface area contributed by atoms with Crippen molar-refractivity contribution < 1.29 is 14.6 Å². The summed E-state index contributed by atoms with van der Waals surface area (Å²) >= 11 is 0. The molecule has 0 heterocycles. The van der Waals surface area contributed by atoms with Gasteiger partial charge in [0.15, 0.2) is 0 Å². The molecule has 0 aliphatic heterocycles. The molecule has 2 N–H and O–H groups in total. The lowest BCUT2D eigenvalue weighted by molar-refractivity contribution is -0.147. The minimum atomic E-state index is -0.837. The number of ether oxygens (including phenoxy) is 1. The molecule has 0 bridgehead atoms. The van der Waals surface area contributed by atoms with Gasteiger partial charge in [-0.3, -0.25) is 4.79 Å². The van der Waals surface area contributed by atoms with Gasteiger partial charge < -0.3 is 15.2 Å². The van der Waals surface area contributed by atoms with Gasteiger partial charge in [0.25, 0.3) is 0 Å². The van der Waals surface area contributed by atoms with E-state index in [-0.39, 0.29) is 6.10 Å². The third kappa shape index (κ3) is 3.76. The molecule has 2 unspecified atom stereocenters. The Labute approximate surface area is 126 Å². The number of rotatable bonds is 5. The first-order valence-electron chi connectivity index (χ1n) is 7.68. The molecule has 1 aliphatic rings. The summed E-state index contributed by atoms with van der Waals surface area (Å²) in [4.78, 5) is 11.7. The quantitative estimate of drug-likeness (QED) is 0.875. The van der Waals surface area contributed by atoms with E-state index in [9.17, 15) is 9.90 Å². The summed E-state index contributed by atoms with van der Waals surface area (Å²) in [6, 6.07) is 6.13. The van der Waals surface area contributed by atoms with Crippen LogP contribution < -0.4 is 10.1 Å². The average Bonchev–Trinajstić information content (AvgIpc) is 2.37. The number of carboxylic acids is 1. The number of aliphatic carboxylic acids is 1. The van der Waals surface area contributed by atoms with Crippen molar-refractivity contribution in [2.24, 2.45) is 0 Å². The summed E-state index contributed by atoms with van der Waals surface area (Å²) in [6.45, 7) is 6.68. The maximum absolute atomic E-state index is 11.7. The Morgan fingerprint density at radius 3 is 2.62 bits per heavy atom. The maximum Gasteiger partial charge on any atom is 0.324 e.